The molecule has 2 aliphatic rings. The highest BCUT2D eigenvalue weighted by atomic mass is 16.5. The summed E-state index contributed by atoms with van der Waals surface area (Å²) < 4.78 is 7.54. The minimum Gasteiger partial charge on any atom is -0.481 e. The number of carbonyl (C=O) groups is 1. The van der Waals surface area contributed by atoms with E-state index >= 15 is 0 Å². The van der Waals surface area contributed by atoms with Crippen molar-refractivity contribution in [3.63, 3.8) is 0 Å². The molecule has 3 aromatic rings. The molecule has 1 aliphatic carbocycles. The van der Waals surface area contributed by atoms with Crippen LogP contribution in [0.4, 0.5) is 0 Å². The number of benzene rings is 2. The lowest BCUT2D eigenvalue weighted by Gasteiger charge is -2.35. The number of carbonyl (C=O) groups excluding carboxylic acids is 1. The molecular weight excluding hydrogens is 430 g/mol. The summed E-state index contributed by atoms with van der Waals surface area (Å²) in [4.78, 5) is 32.0. The van der Waals surface area contributed by atoms with Gasteiger partial charge in [0.1, 0.15) is 18.7 Å². The van der Waals surface area contributed by atoms with Crippen molar-refractivity contribution in [1.29, 1.82) is 0 Å². The Labute approximate surface area is 197 Å². The van der Waals surface area contributed by atoms with Crippen molar-refractivity contribution in [2.24, 2.45) is 0 Å². The summed E-state index contributed by atoms with van der Waals surface area (Å²) in [6.45, 7) is 0.261. The summed E-state index contributed by atoms with van der Waals surface area (Å²) in [6.07, 6.45) is 5.55. The Kier molecular flexibility index (Phi) is 5.79. The molecule has 2 heterocycles. The van der Waals surface area contributed by atoms with Gasteiger partial charge in [-0.05, 0) is 24.0 Å². The van der Waals surface area contributed by atoms with Crippen LogP contribution in [0.15, 0.2) is 77.6 Å². The van der Waals surface area contributed by atoms with Crippen LogP contribution in [0.5, 0.6) is 5.75 Å². The van der Waals surface area contributed by atoms with Gasteiger partial charge in [-0.2, -0.15) is 4.98 Å². The molecule has 2 unspecified atom stereocenters. The van der Waals surface area contributed by atoms with E-state index in [1.54, 1.807) is 4.57 Å². The first kappa shape index (κ1) is 22.1. The molecular formula is C27H27N3O4. The number of amides is 1. The second kappa shape index (κ2) is 8.91. The zero-order chi connectivity index (χ0) is 23.7. The van der Waals surface area contributed by atoms with Crippen molar-refractivity contribution in [2.45, 2.75) is 44.1 Å². The second-order valence-corrected chi connectivity index (χ2v) is 8.93. The van der Waals surface area contributed by atoms with Crippen LogP contribution in [-0.2, 0) is 25.0 Å². The molecule has 0 saturated carbocycles. The van der Waals surface area contributed by atoms with Crippen LogP contribution < -0.4 is 10.3 Å². The first-order valence-corrected chi connectivity index (χ1v) is 11.5. The van der Waals surface area contributed by atoms with Crippen molar-refractivity contribution in [2.75, 3.05) is 7.05 Å². The minimum absolute atomic E-state index is 0.0768. The number of allylic oxidation sites excluding steroid dienone is 2. The zero-order valence-corrected chi connectivity index (χ0v) is 19.1. The van der Waals surface area contributed by atoms with Crippen LogP contribution in [0.3, 0.4) is 0 Å². The van der Waals surface area contributed by atoms with E-state index in [4.69, 9.17) is 4.74 Å². The Morgan fingerprint density at radius 3 is 2.47 bits per heavy atom. The largest absolute Gasteiger partial charge is 0.481 e. The predicted octanol–water partition coefficient (Wildman–Crippen LogP) is 3.06. The fraction of sp³-hybridized carbons (Fsp3) is 0.296. The molecule has 2 atom stereocenters. The number of nitrogens with zero attached hydrogens (tertiary/aromatic N) is 3. The van der Waals surface area contributed by atoms with Crippen molar-refractivity contribution in [3.8, 4) is 5.75 Å². The Bertz CT molecular complexity index is 1290. The minimum atomic E-state index is -1.02. The van der Waals surface area contributed by atoms with E-state index < -0.39 is 17.7 Å². The molecule has 7 nitrogen and oxygen atoms in total. The Balaban J connectivity index is 1.59. The van der Waals surface area contributed by atoms with Crippen molar-refractivity contribution in [1.82, 2.24) is 14.5 Å². The van der Waals surface area contributed by atoms with E-state index in [-0.39, 0.29) is 30.0 Å². The van der Waals surface area contributed by atoms with E-state index in [0.29, 0.717) is 12.2 Å². The zero-order valence-electron chi connectivity index (χ0n) is 19.1. The third kappa shape index (κ3) is 3.92. The average Bonchev–Trinajstić information content (AvgIpc) is 3.34. The summed E-state index contributed by atoms with van der Waals surface area (Å²) in [7, 11) is 1.52. The van der Waals surface area contributed by atoms with Gasteiger partial charge in [0, 0.05) is 18.9 Å². The number of aliphatic hydroxyl groups excluding tert-OH is 1. The molecule has 174 valence electrons. The number of fused-ring (bicyclic) bond motifs is 1. The number of rotatable bonds is 6. The van der Waals surface area contributed by atoms with E-state index in [9.17, 15) is 14.7 Å². The van der Waals surface area contributed by atoms with Gasteiger partial charge in [-0.1, -0.05) is 72.8 Å². The highest BCUT2D eigenvalue weighted by Gasteiger charge is 2.38. The van der Waals surface area contributed by atoms with Crippen LogP contribution in [0, 0.1) is 0 Å². The molecule has 5 rings (SSSR count). The number of hydrogen-bond donors (Lipinski definition) is 1. The van der Waals surface area contributed by atoms with Gasteiger partial charge < -0.3 is 19.3 Å². The first-order valence-electron chi connectivity index (χ1n) is 11.5. The number of hydrogen-bond acceptors (Lipinski definition) is 5. The maximum Gasteiger partial charge on any atom is 0.316 e. The molecule has 0 fully saturated rings. The predicted molar refractivity (Wildman–Crippen MR) is 128 cm³/mol. The fourth-order valence-corrected chi connectivity index (χ4v) is 4.85. The van der Waals surface area contributed by atoms with Crippen LogP contribution in [0.1, 0.15) is 40.3 Å². The lowest BCUT2D eigenvalue weighted by atomic mass is 9.77. The van der Waals surface area contributed by atoms with Gasteiger partial charge in [0.05, 0.1) is 6.54 Å². The summed E-state index contributed by atoms with van der Waals surface area (Å²) in [6, 6.07) is 19.6. The van der Waals surface area contributed by atoms with Gasteiger partial charge in [-0.25, -0.2) is 0 Å². The van der Waals surface area contributed by atoms with Gasteiger partial charge in [0.2, 0.25) is 5.75 Å². The van der Waals surface area contributed by atoms with E-state index in [2.05, 4.69) is 29.3 Å². The molecule has 2 aromatic carbocycles. The molecule has 1 N–H and O–H groups in total. The molecule has 0 bridgehead atoms. The normalized spacial score (nSPS) is 21.5. The third-order valence-electron chi connectivity index (χ3n) is 6.78. The molecule has 1 aromatic heterocycles. The summed E-state index contributed by atoms with van der Waals surface area (Å²) >= 11 is 0. The third-order valence-corrected chi connectivity index (χ3v) is 6.78. The topological polar surface area (TPSA) is 84.7 Å². The number of aliphatic hydroxyl groups is 1. The van der Waals surface area contributed by atoms with Gasteiger partial charge in [-0.15, -0.1) is 0 Å². The van der Waals surface area contributed by atoms with Crippen LogP contribution in [0.2, 0.25) is 0 Å². The monoisotopic (exact) mass is 457 g/mol. The van der Waals surface area contributed by atoms with E-state index in [1.165, 1.54) is 11.9 Å². The Hall–Kier alpha value is -3.71. The maximum atomic E-state index is 13.2. The molecule has 1 amide bonds. The van der Waals surface area contributed by atoms with Gasteiger partial charge in [0.15, 0.2) is 5.69 Å². The van der Waals surface area contributed by atoms with E-state index in [0.717, 1.165) is 24.0 Å². The second-order valence-electron chi connectivity index (χ2n) is 8.93. The molecule has 0 saturated heterocycles. The molecule has 1 aliphatic heterocycles. The maximum absolute atomic E-state index is 13.2. The summed E-state index contributed by atoms with van der Waals surface area (Å²) in [5.41, 5.74) is 1.26. The van der Waals surface area contributed by atoms with Gasteiger partial charge >= 0.3 is 5.56 Å². The fourth-order valence-electron chi connectivity index (χ4n) is 4.85. The standard InChI is InChI=1S/C27H27N3O4/c1-29-22(31)17-30-21(16-27(14-8-9-15-27)20-12-6-3-7-13-20)28-25(32)24(23(30)26(29)33)34-18-19-10-4-2-5-11-19/h2-8,10-14,22,31H,9,15-18H2,1H3. The average molecular weight is 458 g/mol. The van der Waals surface area contributed by atoms with E-state index in [1.807, 2.05) is 48.5 Å². The number of ether oxygens (including phenoxy) is 1. The van der Waals surface area contributed by atoms with Crippen molar-refractivity contribution < 1.29 is 14.6 Å². The van der Waals surface area contributed by atoms with Crippen LogP contribution >= 0.6 is 0 Å². The smallest absolute Gasteiger partial charge is 0.316 e. The van der Waals surface area contributed by atoms with Crippen molar-refractivity contribution in [3.05, 3.63) is 106 Å². The van der Waals surface area contributed by atoms with Gasteiger partial charge in [0.25, 0.3) is 5.91 Å². The Morgan fingerprint density at radius 2 is 1.79 bits per heavy atom. The summed E-state index contributed by atoms with van der Waals surface area (Å²) in [5.74, 6) is -0.0617. The van der Waals surface area contributed by atoms with Crippen molar-refractivity contribution >= 4 is 5.91 Å². The quantitative estimate of drug-likeness (QED) is 0.575. The number of likely N-dealkylation sites (N-methyl/N-ethyl adjacent to an activating group) is 1. The SMILES string of the molecule is CN1C(=O)c2c(OCc3ccccc3)c(=O)nc(CC3(c4ccccc4)C=CCC3)n2CC1O. The number of aromatic nitrogens is 2. The molecule has 0 radical (unpaired) electrons. The molecule has 7 heteroatoms. The van der Waals surface area contributed by atoms with Gasteiger partial charge in [-0.3, -0.25) is 9.59 Å². The lowest BCUT2D eigenvalue weighted by molar-refractivity contribution is -0.00151. The lowest BCUT2D eigenvalue weighted by Crippen LogP contribution is -2.48. The molecule has 34 heavy (non-hydrogen) atoms. The molecule has 0 spiro atoms. The highest BCUT2D eigenvalue weighted by Crippen LogP contribution is 2.39. The Morgan fingerprint density at radius 1 is 1.09 bits per heavy atom. The van der Waals surface area contributed by atoms with Crippen LogP contribution in [0.25, 0.3) is 0 Å². The summed E-state index contributed by atoms with van der Waals surface area (Å²) in [5, 5.41) is 10.6. The van der Waals surface area contributed by atoms with Crippen LogP contribution in [-0.4, -0.2) is 38.7 Å². The first-order chi connectivity index (χ1) is 16.5. The highest BCUT2D eigenvalue weighted by molar-refractivity contribution is 5.95.